The van der Waals surface area contributed by atoms with Crippen molar-refractivity contribution in [3.63, 3.8) is 0 Å². The fourth-order valence-corrected chi connectivity index (χ4v) is 4.55. The summed E-state index contributed by atoms with van der Waals surface area (Å²) in [4.78, 5) is 2.73. The minimum absolute atomic E-state index is 0.0942. The molecule has 1 aromatic carbocycles. The van der Waals surface area contributed by atoms with Gasteiger partial charge in [-0.1, -0.05) is 44.5 Å². The summed E-state index contributed by atoms with van der Waals surface area (Å²) in [7, 11) is 0. The van der Waals surface area contributed by atoms with Gasteiger partial charge in [-0.3, -0.25) is 4.90 Å². The second-order valence-corrected chi connectivity index (χ2v) is 7.13. The predicted octanol–water partition coefficient (Wildman–Crippen LogP) is 3.86. The quantitative estimate of drug-likeness (QED) is 0.914. The van der Waals surface area contributed by atoms with Gasteiger partial charge in [-0.15, -0.1) is 0 Å². The molecule has 1 aromatic rings. The van der Waals surface area contributed by atoms with Gasteiger partial charge < -0.3 is 5.73 Å². The highest BCUT2D eigenvalue weighted by Gasteiger charge is 2.43. The monoisotopic (exact) mass is 286 g/mol. The molecule has 1 aliphatic carbocycles. The fraction of sp³-hybridized carbons (Fsp3) is 0.684. The molecule has 0 radical (unpaired) electrons. The highest BCUT2D eigenvalue weighted by Crippen LogP contribution is 2.45. The zero-order valence-corrected chi connectivity index (χ0v) is 13.6. The van der Waals surface area contributed by atoms with Crippen molar-refractivity contribution in [3.8, 4) is 0 Å². The number of benzene rings is 1. The largest absolute Gasteiger partial charge is 0.328 e. The molecular weight excluding hydrogens is 256 g/mol. The molecule has 1 saturated heterocycles. The van der Waals surface area contributed by atoms with E-state index in [9.17, 15) is 0 Å². The van der Waals surface area contributed by atoms with Gasteiger partial charge in [-0.2, -0.15) is 0 Å². The Labute approximate surface area is 129 Å². The van der Waals surface area contributed by atoms with E-state index in [0.29, 0.717) is 5.92 Å². The number of hydrogen-bond donors (Lipinski definition) is 1. The fourth-order valence-electron chi connectivity index (χ4n) is 4.55. The third kappa shape index (κ3) is 2.53. The van der Waals surface area contributed by atoms with Crippen molar-refractivity contribution in [1.82, 2.24) is 4.90 Å². The third-order valence-electron chi connectivity index (χ3n) is 6.02. The Hall–Kier alpha value is -0.860. The summed E-state index contributed by atoms with van der Waals surface area (Å²) in [5.41, 5.74) is 9.52. The van der Waals surface area contributed by atoms with Gasteiger partial charge in [0.25, 0.3) is 0 Å². The maximum absolute atomic E-state index is 6.37. The van der Waals surface area contributed by atoms with Crippen LogP contribution in [0.2, 0.25) is 0 Å². The van der Waals surface area contributed by atoms with Crippen molar-refractivity contribution in [2.75, 3.05) is 19.6 Å². The summed E-state index contributed by atoms with van der Waals surface area (Å²) in [5, 5.41) is 0. The number of fused-ring (bicyclic) bond motifs is 1. The molecule has 1 aliphatic heterocycles. The molecule has 0 aromatic heterocycles. The Bertz CT molecular complexity index is 484. The molecule has 1 fully saturated rings. The maximum Gasteiger partial charge on any atom is 0.0586 e. The molecule has 2 aliphatic rings. The smallest absolute Gasteiger partial charge is 0.0586 e. The average molecular weight is 286 g/mol. The summed E-state index contributed by atoms with van der Waals surface area (Å²) in [5.74, 6) is 1.53. The number of hydrogen-bond acceptors (Lipinski definition) is 2. The predicted molar refractivity (Wildman–Crippen MR) is 89.4 cm³/mol. The third-order valence-corrected chi connectivity index (χ3v) is 6.02. The Morgan fingerprint density at radius 1 is 1.29 bits per heavy atom. The molecule has 0 spiro atoms. The van der Waals surface area contributed by atoms with Crippen molar-refractivity contribution in [2.24, 2.45) is 11.7 Å². The number of piperidine rings is 1. The molecule has 116 valence electrons. The number of nitrogens with zero attached hydrogens (tertiary/aromatic N) is 1. The van der Waals surface area contributed by atoms with E-state index in [1.807, 2.05) is 0 Å². The first-order valence-electron chi connectivity index (χ1n) is 8.75. The van der Waals surface area contributed by atoms with Gasteiger partial charge in [0.05, 0.1) is 5.54 Å². The minimum atomic E-state index is 0.0942. The summed E-state index contributed by atoms with van der Waals surface area (Å²) in [6.07, 6.45) is 6.51. The van der Waals surface area contributed by atoms with E-state index in [1.54, 1.807) is 0 Å². The number of likely N-dealkylation sites (tertiary alicyclic amines) is 1. The van der Waals surface area contributed by atoms with Crippen molar-refractivity contribution in [2.45, 2.75) is 57.4 Å². The van der Waals surface area contributed by atoms with Crippen LogP contribution in [0.15, 0.2) is 24.3 Å². The van der Waals surface area contributed by atoms with E-state index < -0.39 is 0 Å². The van der Waals surface area contributed by atoms with E-state index in [1.165, 1.54) is 56.3 Å². The highest BCUT2D eigenvalue weighted by molar-refractivity contribution is 5.39. The van der Waals surface area contributed by atoms with Crippen LogP contribution in [0.4, 0.5) is 0 Å². The maximum atomic E-state index is 6.37. The van der Waals surface area contributed by atoms with Crippen molar-refractivity contribution >= 4 is 0 Å². The first-order valence-corrected chi connectivity index (χ1v) is 8.75. The molecule has 2 nitrogen and oxygen atoms in total. The van der Waals surface area contributed by atoms with E-state index >= 15 is 0 Å². The van der Waals surface area contributed by atoms with Crippen LogP contribution in [-0.4, -0.2) is 24.5 Å². The zero-order valence-electron chi connectivity index (χ0n) is 13.6. The van der Waals surface area contributed by atoms with E-state index in [2.05, 4.69) is 43.0 Å². The Morgan fingerprint density at radius 3 is 2.86 bits per heavy atom. The van der Waals surface area contributed by atoms with Gasteiger partial charge in [0.1, 0.15) is 0 Å². The van der Waals surface area contributed by atoms with Gasteiger partial charge in [0, 0.05) is 13.1 Å². The Balaban J connectivity index is 1.99. The summed E-state index contributed by atoms with van der Waals surface area (Å²) >= 11 is 0. The van der Waals surface area contributed by atoms with Gasteiger partial charge in [0.2, 0.25) is 0 Å². The lowest BCUT2D eigenvalue weighted by atomic mass is 9.70. The molecule has 2 heteroatoms. The molecule has 2 N–H and O–H groups in total. The van der Waals surface area contributed by atoms with Crippen LogP contribution in [0.1, 0.15) is 63.0 Å². The lowest BCUT2D eigenvalue weighted by Gasteiger charge is -2.51. The second-order valence-electron chi connectivity index (χ2n) is 7.13. The van der Waals surface area contributed by atoms with Crippen LogP contribution in [0.25, 0.3) is 0 Å². The van der Waals surface area contributed by atoms with Gasteiger partial charge in [0.15, 0.2) is 0 Å². The van der Waals surface area contributed by atoms with Crippen LogP contribution in [0.5, 0.6) is 0 Å². The van der Waals surface area contributed by atoms with Gasteiger partial charge in [-0.25, -0.2) is 0 Å². The first kappa shape index (κ1) is 15.1. The molecule has 1 heterocycles. The molecule has 21 heavy (non-hydrogen) atoms. The molecule has 3 unspecified atom stereocenters. The van der Waals surface area contributed by atoms with E-state index in [-0.39, 0.29) is 5.54 Å². The van der Waals surface area contributed by atoms with Crippen LogP contribution < -0.4 is 5.73 Å². The van der Waals surface area contributed by atoms with Crippen LogP contribution in [0, 0.1) is 5.92 Å². The van der Waals surface area contributed by atoms with E-state index in [0.717, 1.165) is 12.5 Å². The van der Waals surface area contributed by atoms with Crippen molar-refractivity contribution < 1.29 is 0 Å². The standard InChI is InChI=1S/C19H30N2/c1-3-16-7-6-12-21(13-16)19(14-20)11-10-15(2)17-8-4-5-9-18(17)19/h4-5,8-9,15-16H,3,6-7,10-14,20H2,1-2H3. The van der Waals surface area contributed by atoms with Crippen LogP contribution >= 0.6 is 0 Å². The van der Waals surface area contributed by atoms with Gasteiger partial charge in [-0.05, 0) is 55.2 Å². The molecule has 0 saturated carbocycles. The SMILES string of the molecule is CCC1CCCN(C2(CN)CCC(C)c3ccccc32)C1. The number of rotatable bonds is 3. The highest BCUT2D eigenvalue weighted by atomic mass is 15.2. The van der Waals surface area contributed by atoms with Crippen molar-refractivity contribution in [3.05, 3.63) is 35.4 Å². The zero-order chi connectivity index (χ0) is 14.9. The Kier molecular flexibility index (Phi) is 4.37. The lowest BCUT2D eigenvalue weighted by molar-refractivity contribution is 0.0286. The second kappa shape index (κ2) is 6.10. The Morgan fingerprint density at radius 2 is 2.10 bits per heavy atom. The summed E-state index contributed by atoms with van der Waals surface area (Å²) in [6.45, 7) is 7.91. The molecule has 3 atom stereocenters. The summed E-state index contributed by atoms with van der Waals surface area (Å²) in [6, 6.07) is 9.05. The summed E-state index contributed by atoms with van der Waals surface area (Å²) < 4.78 is 0. The molecule has 0 amide bonds. The average Bonchev–Trinajstić information content (AvgIpc) is 2.56. The van der Waals surface area contributed by atoms with Crippen LogP contribution in [0.3, 0.4) is 0 Å². The molecule has 3 rings (SSSR count). The lowest BCUT2D eigenvalue weighted by Crippen LogP contribution is -2.56. The normalized spacial score (nSPS) is 33.7. The van der Waals surface area contributed by atoms with Crippen LogP contribution in [-0.2, 0) is 5.54 Å². The van der Waals surface area contributed by atoms with E-state index in [4.69, 9.17) is 5.73 Å². The van der Waals surface area contributed by atoms with Crippen molar-refractivity contribution in [1.29, 1.82) is 0 Å². The molecular formula is C19H30N2. The number of nitrogens with two attached hydrogens (primary N) is 1. The van der Waals surface area contributed by atoms with Gasteiger partial charge >= 0.3 is 0 Å². The molecule has 0 bridgehead atoms. The first-order chi connectivity index (χ1) is 10.2. The minimum Gasteiger partial charge on any atom is -0.328 e. The topological polar surface area (TPSA) is 29.3 Å².